The molecule has 0 radical (unpaired) electrons. The number of carbonyl (C=O) groups is 1. The smallest absolute Gasteiger partial charge is 0.410 e. The summed E-state index contributed by atoms with van der Waals surface area (Å²) in [5.74, 6) is 0.878. The molecule has 2 aromatic carbocycles. The minimum atomic E-state index is -0.298. The van der Waals surface area contributed by atoms with Crippen LogP contribution in [-0.4, -0.2) is 41.4 Å². The van der Waals surface area contributed by atoms with Gasteiger partial charge in [-0.2, -0.15) is 0 Å². The Hall–Kier alpha value is -2.33. The van der Waals surface area contributed by atoms with Crippen molar-refractivity contribution < 1.29 is 14.6 Å². The van der Waals surface area contributed by atoms with Crippen LogP contribution in [0.15, 0.2) is 48.5 Å². The van der Waals surface area contributed by atoms with Crippen LogP contribution < -0.4 is 0 Å². The fourth-order valence-electron chi connectivity index (χ4n) is 5.96. The van der Waals surface area contributed by atoms with Crippen molar-refractivity contribution in [1.82, 2.24) is 4.90 Å². The molecule has 4 heteroatoms. The molecule has 1 saturated heterocycles. The van der Waals surface area contributed by atoms with Crippen molar-refractivity contribution in [1.29, 1.82) is 0 Å². The number of hydrogen-bond acceptors (Lipinski definition) is 3. The first-order chi connectivity index (χ1) is 14.6. The second kappa shape index (κ2) is 8.07. The molecule has 2 aliphatic carbocycles. The van der Waals surface area contributed by atoms with Crippen LogP contribution in [0.5, 0.6) is 0 Å². The van der Waals surface area contributed by atoms with Crippen molar-refractivity contribution in [2.24, 2.45) is 11.8 Å². The number of fused-ring (bicyclic) bond motifs is 3. The summed E-state index contributed by atoms with van der Waals surface area (Å²) in [4.78, 5) is 15.0. The van der Waals surface area contributed by atoms with Gasteiger partial charge >= 0.3 is 6.09 Å². The van der Waals surface area contributed by atoms with Gasteiger partial charge in [0.25, 0.3) is 0 Å². The summed E-state index contributed by atoms with van der Waals surface area (Å²) in [6.07, 6.45) is 4.37. The maximum atomic E-state index is 13.1. The normalized spacial score (nSPS) is 28.3. The van der Waals surface area contributed by atoms with Crippen LogP contribution in [0.3, 0.4) is 0 Å². The molecule has 158 valence electrons. The largest absolute Gasteiger partial charge is 0.448 e. The Morgan fingerprint density at radius 3 is 2.40 bits per heavy atom. The molecule has 2 aromatic rings. The van der Waals surface area contributed by atoms with Crippen molar-refractivity contribution in [2.45, 2.75) is 57.1 Å². The monoisotopic (exact) mass is 405 g/mol. The first-order valence-corrected chi connectivity index (χ1v) is 11.4. The lowest BCUT2D eigenvalue weighted by Crippen LogP contribution is -2.46. The van der Waals surface area contributed by atoms with Crippen molar-refractivity contribution in [3.05, 3.63) is 59.7 Å². The quantitative estimate of drug-likeness (QED) is 0.764. The van der Waals surface area contributed by atoms with Gasteiger partial charge in [-0.1, -0.05) is 55.5 Å². The van der Waals surface area contributed by atoms with E-state index >= 15 is 0 Å². The molecule has 1 N–H and O–H groups in total. The number of carbonyl (C=O) groups excluding carboxylic acids is 1. The number of nitrogens with zero attached hydrogens (tertiary/aromatic N) is 1. The Balaban J connectivity index is 1.30. The fraction of sp³-hybridized carbons (Fsp3) is 0.500. The van der Waals surface area contributed by atoms with E-state index in [1.54, 1.807) is 0 Å². The Morgan fingerprint density at radius 1 is 1.03 bits per heavy atom. The van der Waals surface area contributed by atoms with E-state index in [2.05, 4.69) is 55.5 Å². The molecule has 5 rings (SSSR count). The zero-order chi connectivity index (χ0) is 20.7. The number of aliphatic hydroxyl groups is 1. The molecule has 1 heterocycles. The molecule has 0 spiro atoms. The number of aliphatic hydroxyl groups excluding tert-OH is 1. The second-order valence-corrected chi connectivity index (χ2v) is 9.36. The van der Waals surface area contributed by atoms with Gasteiger partial charge in [0.2, 0.25) is 0 Å². The highest BCUT2D eigenvalue weighted by atomic mass is 16.6. The van der Waals surface area contributed by atoms with Crippen molar-refractivity contribution in [3.63, 3.8) is 0 Å². The molecule has 30 heavy (non-hydrogen) atoms. The number of amides is 1. The van der Waals surface area contributed by atoms with Gasteiger partial charge in [0.1, 0.15) is 6.61 Å². The summed E-state index contributed by atoms with van der Waals surface area (Å²) in [6.45, 7) is 3.35. The maximum absolute atomic E-state index is 13.1. The molecule has 1 saturated carbocycles. The lowest BCUT2D eigenvalue weighted by Gasteiger charge is -2.39. The van der Waals surface area contributed by atoms with Crippen LogP contribution in [-0.2, 0) is 4.74 Å². The summed E-state index contributed by atoms with van der Waals surface area (Å²) in [7, 11) is 0. The average molecular weight is 406 g/mol. The summed E-state index contributed by atoms with van der Waals surface area (Å²) >= 11 is 0. The standard InChI is InChI=1S/C26H31NO3/c1-17-12-13-25(28)22(15-17)24-11-6-14-27(24)26(29)30-16-23-20-9-4-2-7-18(20)19-8-3-5-10-21(19)23/h2-5,7-10,17,22-25,28H,6,11-16H2,1H3. The van der Waals surface area contributed by atoms with Gasteiger partial charge in [-0.3, -0.25) is 0 Å². The lowest BCUT2D eigenvalue weighted by molar-refractivity contribution is 0.00521. The zero-order valence-electron chi connectivity index (χ0n) is 17.7. The highest BCUT2D eigenvalue weighted by Crippen LogP contribution is 2.45. The number of likely N-dealkylation sites (tertiary alicyclic amines) is 1. The van der Waals surface area contributed by atoms with Crippen molar-refractivity contribution in [2.75, 3.05) is 13.2 Å². The van der Waals surface area contributed by atoms with Crippen LogP contribution in [0, 0.1) is 11.8 Å². The van der Waals surface area contributed by atoms with Crippen LogP contribution >= 0.6 is 0 Å². The lowest BCUT2D eigenvalue weighted by atomic mass is 9.76. The number of hydrogen-bond donors (Lipinski definition) is 1. The predicted molar refractivity (Wildman–Crippen MR) is 117 cm³/mol. The third-order valence-electron chi connectivity index (χ3n) is 7.49. The summed E-state index contributed by atoms with van der Waals surface area (Å²) in [5.41, 5.74) is 4.96. The van der Waals surface area contributed by atoms with Crippen molar-refractivity contribution >= 4 is 6.09 Å². The van der Waals surface area contributed by atoms with E-state index in [0.717, 1.165) is 38.6 Å². The molecule has 0 aromatic heterocycles. The SMILES string of the molecule is CC1CCC(O)C(C2CCCN2C(=O)OCC2c3ccccc3-c3ccccc32)C1. The minimum absolute atomic E-state index is 0.0858. The van der Waals surface area contributed by atoms with Crippen LogP contribution in [0.4, 0.5) is 4.79 Å². The summed E-state index contributed by atoms with van der Waals surface area (Å²) in [5, 5.41) is 10.6. The highest BCUT2D eigenvalue weighted by Gasteiger charge is 2.41. The molecular formula is C26H31NO3. The molecule has 3 aliphatic rings. The van der Waals surface area contributed by atoms with Crippen LogP contribution in [0.25, 0.3) is 11.1 Å². The molecule has 4 unspecified atom stereocenters. The first kappa shape index (κ1) is 19.6. The van der Waals surface area contributed by atoms with Gasteiger partial charge in [-0.25, -0.2) is 4.79 Å². The number of benzene rings is 2. The average Bonchev–Trinajstić information content (AvgIpc) is 3.37. The Bertz CT molecular complexity index is 880. The number of rotatable bonds is 3. The highest BCUT2D eigenvalue weighted by molar-refractivity contribution is 5.79. The molecule has 1 amide bonds. The van der Waals surface area contributed by atoms with Gasteiger partial charge < -0.3 is 14.7 Å². The third-order valence-corrected chi connectivity index (χ3v) is 7.49. The zero-order valence-corrected chi connectivity index (χ0v) is 17.7. The Morgan fingerprint density at radius 2 is 1.70 bits per heavy atom. The van der Waals surface area contributed by atoms with E-state index in [9.17, 15) is 9.90 Å². The molecule has 2 fully saturated rings. The third kappa shape index (κ3) is 3.41. The molecule has 0 bridgehead atoms. The van der Waals surface area contributed by atoms with Crippen LogP contribution in [0.2, 0.25) is 0 Å². The van der Waals surface area contributed by atoms with Gasteiger partial charge in [-0.15, -0.1) is 0 Å². The van der Waals surface area contributed by atoms with Gasteiger partial charge in [0.05, 0.1) is 6.10 Å². The van der Waals surface area contributed by atoms with E-state index in [-0.39, 0.29) is 30.1 Å². The topological polar surface area (TPSA) is 49.8 Å². The fourth-order valence-corrected chi connectivity index (χ4v) is 5.96. The maximum Gasteiger partial charge on any atom is 0.410 e. The number of ether oxygens (including phenoxy) is 1. The molecule has 4 nitrogen and oxygen atoms in total. The molecule has 1 aliphatic heterocycles. The molecule has 4 atom stereocenters. The minimum Gasteiger partial charge on any atom is -0.448 e. The van der Waals surface area contributed by atoms with E-state index in [4.69, 9.17) is 4.74 Å². The van der Waals surface area contributed by atoms with E-state index in [1.807, 2.05) is 4.90 Å². The van der Waals surface area contributed by atoms with Crippen molar-refractivity contribution in [3.8, 4) is 11.1 Å². The van der Waals surface area contributed by atoms with E-state index < -0.39 is 0 Å². The van der Waals surface area contributed by atoms with Gasteiger partial charge in [0.15, 0.2) is 0 Å². The van der Waals surface area contributed by atoms with E-state index in [0.29, 0.717) is 12.5 Å². The van der Waals surface area contributed by atoms with E-state index in [1.165, 1.54) is 22.3 Å². The Labute approximate surface area is 178 Å². The van der Waals surface area contributed by atoms with Crippen LogP contribution in [0.1, 0.15) is 56.1 Å². The Kier molecular flexibility index (Phi) is 5.28. The predicted octanol–water partition coefficient (Wildman–Crippen LogP) is 5.20. The summed E-state index contributed by atoms with van der Waals surface area (Å²) < 4.78 is 5.91. The second-order valence-electron chi connectivity index (χ2n) is 9.36. The molecular weight excluding hydrogens is 374 g/mol. The van der Waals surface area contributed by atoms with Gasteiger partial charge in [0, 0.05) is 24.4 Å². The first-order valence-electron chi connectivity index (χ1n) is 11.4. The summed E-state index contributed by atoms with van der Waals surface area (Å²) in [6, 6.07) is 16.9. The van der Waals surface area contributed by atoms with Gasteiger partial charge in [-0.05, 0) is 60.3 Å².